The fourth-order valence-electron chi connectivity index (χ4n) is 6.33. The molecule has 1 aromatic heterocycles. The molecule has 0 aliphatic heterocycles. The Balaban J connectivity index is 1.15. The first-order chi connectivity index (χ1) is 24.2. The maximum atomic E-state index is 8.84. The topological polar surface area (TPSA) is 13.1 Å². The van der Waals surface area contributed by atoms with Crippen LogP contribution in [0.5, 0.6) is 0 Å². The van der Waals surface area contributed by atoms with Gasteiger partial charge in [0, 0.05) is 16.3 Å². The second kappa shape index (κ2) is 9.44. The van der Waals surface area contributed by atoms with E-state index in [4.69, 9.17) is 14.0 Å². The number of fused-ring (bicyclic) bond motifs is 9. The van der Waals surface area contributed by atoms with Gasteiger partial charge in [0.05, 0.1) is 9.60 Å². The van der Waals surface area contributed by atoms with Crippen LogP contribution in [0.3, 0.4) is 0 Å². The van der Waals surface area contributed by atoms with E-state index < -0.39 is 12.1 Å². The number of hydrogen-bond acceptors (Lipinski definition) is 1. The molecule has 0 saturated heterocycles. The van der Waals surface area contributed by atoms with Gasteiger partial charge in [0.2, 0.25) is 0 Å². The van der Waals surface area contributed by atoms with Crippen LogP contribution < -0.4 is 0 Å². The zero-order chi connectivity index (χ0) is 34.4. The summed E-state index contributed by atoms with van der Waals surface area (Å²) in [6, 6.07) is 37.1. The van der Waals surface area contributed by atoms with Crippen LogP contribution in [0.1, 0.15) is 9.60 Å². The first-order valence-electron chi connectivity index (χ1n) is 17.7. The summed E-state index contributed by atoms with van der Waals surface area (Å²) in [6.07, 6.45) is 0. The molecule has 0 radical (unpaired) electrons. The number of benzene rings is 8. The maximum absolute atomic E-state index is 8.84. The van der Waals surface area contributed by atoms with Gasteiger partial charge in [-0.15, -0.1) is 0 Å². The van der Waals surface area contributed by atoms with E-state index >= 15 is 0 Å². The molecule has 43 heavy (non-hydrogen) atoms. The molecule has 0 spiro atoms. The average Bonchev–Trinajstić information content (AvgIpc) is 3.56. The predicted molar refractivity (Wildman–Crippen MR) is 183 cm³/mol. The molecular formula is C42H26O. The molecule has 1 heterocycles. The normalized spacial score (nSPS) is 14.0. The van der Waals surface area contributed by atoms with Crippen molar-refractivity contribution in [2.24, 2.45) is 0 Å². The fourth-order valence-corrected chi connectivity index (χ4v) is 6.33. The van der Waals surface area contributed by atoms with Crippen LogP contribution in [0.25, 0.3) is 87.6 Å². The van der Waals surface area contributed by atoms with Gasteiger partial charge in [0.15, 0.2) is 0 Å². The van der Waals surface area contributed by atoms with Crippen molar-refractivity contribution in [2.75, 3.05) is 0 Å². The summed E-state index contributed by atoms with van der Waals surface area (Å²) in [7, 11) is 0. The first kappa shape index (κ1) is 18.0. The summed E-state index contributed by atoms with van der Waals surface area (Å²) in [5.41, 5.74) is 4.86. The van der Waals surface area contributed by atoms with Gasteiger partial charge in [-0.3, -0.25) is 0 Å². The highest BCUT2D eigenvalue weighted by atomic mass is 16.3. The van der Waals surface area contributed by atoms with Crippen molar-refractivity contribution in [2.45, 2.75) is 0 Å². The van der Waals surface area contributed by atoms with E-state index in [9.17, 15) is 0 Å². The molecule has 0 bridgehead atoms. The van der Waals surface area contributed by atoms with Crippen molar-refractivity contribution in [1.29, 1.82) is 0 Å². The molecule has 0 unspecified atom stereocenters. The summed E-state index contributed by atoms with van der Waals surface area (Å²) in [5.74, 6) is 0. The zero-order valence-corrected chi connectivity index (χ0v) is 22.9. The minimum absolute atomic E-state index is 0.0485. The molecule has 0 aliphatic carbocycles. The highest BCUT2D eigenvalue weighted by molar-refractivity contribution is 6.25. The molecule has 0 amide bonds. The largest absolute Gasteiger partial charge is 0.455 e. The Morgan fingerprint density at radius 3 is 1.65 bits per heavy atom. The third-order valence-corrected chi connectivity index (χ3v) is 8.38. The molecule has 0 N–H and O–H groups in total. The lowest BCUT2D eigenvalue weighted by Crippen LogP contribution is -1.86. The van der Waals surface area contributed by atoms with Crippen molar-refractivity contribution < 1.29 is 14.0 Å². The highest BCUT2D eigenvalue weighted by Crippen LogP contribution is 2.39. The molecule has 1 heteroatoms. The monoisotopic (exact) mass is 553 g/mol. The Bertz CT molecular complexity index is 2860. The van der Waals surface area contributed by atoms with Crippen LogP contribution in [-0.2, 0) is 0 Å². The molecule has 9 aromatic rings. The van der Waals surface area contributed by atoms with Gasteiger partial charge in [-0.05, 0) is 78.3 Å². The van der Waals surface area contributed by atoms with Crippen LogP contribution in [0, 0.1) is 0 Å². The molecule has 200 valence electrons. The van der Waals surface area contributed by atoms with Crippen molar-refractivity contribution in [1.82, 2.24) is 0 Å². The third kappa shape index (κ3) is 3.79. The van der Waals surface area contributed by atoms with Crippen LogP contribution in [-0.4, -0.2) is 0 Å². The number of para-hydroxylation sites is 2. The molecule has 0 atom stereocenters. The molecule has 0 aliphatic rings. The van der Waals surface area contributed by atoms with Gasteiger partial charge in [0.1, 0.15) is 11.2 Å². The quantitative estimate of drug-likeness (QED) is 0.198. The van der Waals surface area contributed by atoms with Crippen molar-refractivity contribution in [3.8, 4) is 33.4 Å². The number of hydrogen-bond donors (Lipinski definition) is 0. The molecule has 8 aromatic carbocycles. The lowest BCUT2D eigenvalue weighted by atomic mass is 9.91. The Morgan fingerprint density at radius 2 is 0.930 bits per heavy atom. The zero-order valence-electron chi connectivity index (χ0n) is 29.9. The Labute approximate surface area is 259 Å². The maximum Gasteiger partial charge on any atom is 0.143 e. The van der Waals surface area contributed by atoms with Crippen molar-refractivity contribution in [3.63, 3.8) is 0 Å². The Kier molecular flexibility index (Phi) is 3.95. The van der Waals surface area contributed by atoms with Crippen LogP contribution >= 0.6 is 0 Å². The second-order valence-corrected chi connectivity index (χ2v) is 10.8. The number of rotatable bonds is 3. The van der Waals surface area contributed by atoms with E-state index in [1.54, 1.807) is 6.07 Å². The number of furan rings is 1. The van der Waals surface area contributed by atoms with Crippen LogP contribution in [0.4, 0.5) is 0 Å². The SMILES string of the molecule is [2H]c1c([2H])c([2H])c2c(oc3c(-c4cccc(-c5ccc(-c6ccc7c8ccccc8c8ccccc8c7c6)cc5)c4)c([2H])c([2H])c([2H])c32)c1[2H]. The van der Waals surface area contributed by atoms with E-state index in [1.165, 1.54) is 32.3 Å². The van der Waals surface area contributed by atoms with Gasteiger partial charge in [-0.25, -0.2) is 0 Å². The molecule has 1 nitrogen and oxygen atoms in total. The van der Waals surface area contributed by atoms with E-state index in [-0.39, 0.29) is 57.7 Å². The fraction of sp³-hybridized carbons (Fsp3) is 0. The van der Waals surface area contributed by atoms with Gasteiger partial charge in [-0.2, -0.15) is 0 Å². The lowest BCUT2D eigenvalue weighted by molar-refractivity contribution is 0.670. The third-order valence-electron chi connectivity index (χ3n) is 8.38. The van der Waals surface area contributed by atoms with Crippen molar-refractivity contribution >= 4 is 54.3 Å². The summed E-state index contributed by atoms with van der Waals surface area (Å²) >= 11 is 0. The molecule has 0 saturated carbocycles. The minimum atomic E-state index is -0.442. The van der Waals surface area contributed by atoms with Crippen molar-refractivity contribution in [3.05, 3.63) is 158 Å². The average molecular weight is 554 g/mol. The standard InChI is InChI=1S/C42H26O/c1-2-13-35-33(11-1)34-12-3-4-14-36(34)40-26-30(23-24-37(35)40)28-21-19-27(20-22-28)29-9-7-10-31(25-29)32-16-8-17-39-38-15-5-6-18-41(38)43-42(32)39/h1-26H/i5D,6D,8D,15D,16D,17D,18D. The van der Waals surface area contributed by atoms with Gasteiger partial charge < -0.3 is 4.42 Å². The van der Waals surface area contributed by atoms with E-state index in [0.717, 1.165) is 22.3 Å². The summed E-state index contributed by atoms with van der Waals surface area (Å²) in [4.78, 5) is 0. The van der Waals surface area contributed by atoms with Gasteiger partial charge >= 0.3 is 0 Å². The van der Waals surface area contributed by atoms with Crippen LogP contribution in [0.15, 0.2) is 162 Å². The summed E-state index contributed by atoms with van der Waals surface area (Å²) in [6.45, 7) is 0. The Morgan fingerprint density at radius 1 is 0.372 bits per heavy atom. The summed E-state index contributed by atoms with van der Waals surface area (Å²) in [5, 5.41) is 7.51. The lowest BCUT2D eigenvalue weighted by Gasteiger charge is -2.12. The van der Waals surface area contributed by atoms with E-state index in [0.29, 0.717) is 5.56 Å². The van der Waals surface area contributed by atoms with Gasteiger partial charge in [0.25, 0.3) is 0 Å². The summed E-state index contributed by atoms with van der Waals surface area (Å²) < 4.78 is 65.3. The van der Waals surface area contributed by atoms with Gasteiger partial charge in [-0.1, -0.05) is 139 Å². The molecule has 0 fully saturated rings. The molecule has 9 rings (SSSR count). The highest BCUT2D eigenvalue weighted by Gasteiger charge is 2.13. The van der Waals surface area contributed by atoms with E-state index in [1.807, 2.05) is 18.2 Å². The second-order valence-electron chi connectivity index (χ2n) is 10.8. The first-order valence-corrected chi connectivity index (χ1v) is 14.2. The molecular weight excluding hydrogens is 520 g/mol. The van der Waals surface area contributed by atoms with Crippen LogP contribution in [0.2, 0.25) is 0 Å². The Hall–Kier alpha value is -5.66. The van der Waals surface area contributed by atoms with E-state index in [2.05, 4.69) is 91.0 Å². The minimum Gasteiger partial charge on any atom is -0.455 e. The smallest absolute Gasteiger partial charge is 0.143 e. The predicted octanol–water partition coefficient (Wildman–Crippen LogP) is 12.0.